The Morgan fingerprint density at radius 3 is 2.68 bits per heavy atom. The number of benzene rings is 1. The van der Waals surface area contributed by atoms with Gasteiger partial charge in [0.2, 0.25) is 5.91 Å². The molecule has 1 aliphatic carbocycles. The van der Waals surface area contributed by atoms with E-state index in [1.165, 1.54) is 0 Å². The standard InChI is InChI=1S/C19H24N2O4/c1-13-7-6-10-16(14(13)2)21-17(22)11-20-18(23)12-25-19(24)15-8-4-3-5-9-15/h3-4,6-7,10,15H,5,8-9,11-12H2,1-2H3,(H,20,23)(H,21,22)/t15-/m1/s1. The molecule has 2 amide bonds. The Hall–Kier alpha value is -2.63. The summed E-state index contributed by atoms with van der Waals surface area (Å²) in [5.41, 5.74) is 2.78. The van der Waals surface area contributed by atoms with Crippen molar-refractivity contribution in [3.8, 4) is 0 Å². The highest BCUT2D eigenvalue weighted by Gasteiger charge is 2.21. The number of ether oxygens (including phenoxy) is 1. The van der Waals surface area contributed by atoms with Gasteiger partial charge in [0, 0.05) is 5.69 Å². The summed E-state index contributed by atoms with van der Waals surface area (Å²) >= 11 is 0. The predicted molar refractivity (Wildman–Crippen MR) is 95.0 cm³/mol. The summed E-state index contributed by atoms with van der Waals surface area (Å²) in [5, 5.41) is 5.21. The molecule has 0 aliphatic heterocycles. The van der Waals surface area contributed by atoms with E-state index in [-0.39, 0.29) is 30.9 Å². The minimum atomic E-state index is -0.490. The lowest BCUT2D eigenvalue weighted by Gasteiger charge is -2.16. The smallest absolute Gasteiger partial charge is 0.309 e. The molecule has 0 heterocycles. The van der Waals surface area contributed by atoms with Crippen LogP contribution in [0, 0.1) is 19.8 Å². The Bertz CT molecular complexity index is 682. The number of rotatable bonds is 6. The van der Waals surface area contributed by atoms with Crippen molar-refractivity contribution in [2.24, 2.45) is 5.92 Å². The highest BCUT2D eigenvalue weighted by molar-refractivity contribution is 5.95. The van der Waals surface area contributed by atoms with Gasteiger partial charge in [-0.1, -0.05) is 24.3 Å². The molecule has 0 saturated heterocycles. The molecule has 0 spiro atoms. The van der Waals surface area contributed by atoms with Crippen LogP contribution in [0.4, 0.5) is 5.69 Å². The predicted octanol–water partition coefficient (Wildman–Crippen LogP) is 2.26. The largest absolute Gasteiger partial charge is 0.455 e. The summed E-state index contributed by atoms with van der Waals surface area (Å²) in [7, 11) is 0. The summed E-state index contributed by atoms with van der Waals surface area (Å²) in [6.07, 6.45) is 6.23. The van der Waals surface area contributed by atoms with Gasteiger partial charge in [-0.25, -0.2) is 0 Å². The molecular formula is C19H24N2O4. The van der Waals surface area contributed by atoms with Gasteiger partial charge < -0.3 is 15.4 Å². The number of carbonyl (C=O) groups excluding carboxylic acids is 3. The first-order valence-corrected chi connectivity index (χ1v) is 8.41. The van der Waals surface area contributed by atoms with Crippen LogP contribution in [0.15, 0.2) is 30.4 Å². The summed E-state index contributed by atoms with van der Waals surface area (Å²) in [6, 6.07) is 5.63. The summed E-state index contributed by atoms with van der Waals surface area (Å²) in [4.78, 5) is 35.5. The van der Waals surface area contributed by atoms with E-state index in [2.05, 4.69) is 10.6 Å². The second kappa shape index (κ2) is 9.01. The summed E-state index contributed by atoms with van der Waals surface area (Å²) < 4.78 is 5.01. The first-order chi connectivity index (χ1) is 12.0. The van der Waals surface area contributed by atoms with Gasteiger partial charge in [0.25, 0.3) is 5.91 Å². The van der Waals surface area contributed by atoms with Crippen LogP contribution in [0.5, 0.6) is 0 Å². The minimum absolute atomic E-state index is 0.171. The van der Waals surface area contributed by atoms with Crippen LogP contribution in [0.3, 0.4) is 0 Å². The zero-order chi connectivity index (χ0) is 18.2. The number of aryl methyl sites for hydroxylation is 1. The van der Waals surface area contributed by atoms with E-state index in [1.807, 2.05) is 44.2 Å². The zero-order valence-corrected chi connectivity index (χ0v) is 14.6. The molecular weight excluding hydrogens is 320 g/mol. The maximum absolute atomic E-state index is 11.9. The Kier molecular flexibility index (Phi) is 6.74. The minimum Gasteiger partial charge on any atom is -0.455 e. The third-order valence-corrected chi connectivity index (χ3v) is 4.27. The topological polar surface area (TPSA) is 84.5 Å². The van der Waals surface area contributed by atoms with Gasteiger partial charge in [-0.2, -0.15) is 0 Å². The van der Waals surface area contributed by atoms with Crippen molar-refractivity contribution in [3.63, 3.8) is 0 Å². The van der Waals surface area contributed by atoms with Crippen LogP contribution in [0.2, 0.25) is 0 Å². The van der Waals surface area contributed by atoms with Crippen LogP contribution in [-0.4, -0.2) is 30.9 Å². The molecule has 0 saturated carbocycles. The Labute approximate surface area is 147 Å². The monoisotopic (exact) mass is 344 g/mol. The maximum Gasteiger partial charge on any atom is 0.309 e. The van der Waals surface area contributed by atoms with E-state index >= 15 is 0 Å². The van der Waals surface area contributed by atoms with E-state index in [0.717, 1.165) is 29.7 Å². The van der Waals surface area contributed by atoms with Crippen molar-refractivity contribution in [1.29, 1.82) is 0 Å². The molecule has 6 heteroatoms. The van der Waals surface area contributed by atoms with Gasteiger partial charge >= 0.3 is 5.97 Å². The van der Waals surface area contributed by atoms with Crippen LogP contribution in [0.1, 0.15) is 30.4 Å². The van der Waals surface area contributed by atoms with E-state index in [4.69, 9.17) is 4.74 Å². The van der Waals surface area contributed by atoms with E-state index in [1.54, 1.807) is 0 Å². The number of nitrogens with one attached hydrogen (secondary N) is 2. The number of allylic oxidation sites excluding steroid dienone is 2. The summed E-state index contributed by atoms with van der Waals surface area (Å²) in [5.74, 6) is -1.36. The number of hydrogen-bond acceptors (Lipinski definition) is 4. The van der Waals surface area contributed by atoms with Crippen LogP contribution in [0.25, 0.3) is 0 Å². The third-order valence-electron chi connectivity index (χ3n) is 4.27. The zero-order valence-electron chi connectivity index (χ0n) is 14.6. The van der Waals surface area contributed by atoms with E-state index in [9.17, 15) is 14.4 Å². The van der Waals surface area contributed by atoms with Crippen molar-refractivity contribution in [2.75, 3.05) is 18.5 Å². The number of carbonyl (C=O) groups is 3. The molecule has 0 bridgehead atoms. The molecule has 25 heavy (non-hydrogen) atoms. The second-order valence-corrected chi connectivity index (χ2v) is 6.16. The van der Waals surface area contributed by atoms with Crippen LogP contribution >= 0.6 is 0 Å². The molecule has 2 rings (SSSR count). The lowest BCUT2D eigenvalue weighted by Crippen LogP contribution is -2.36. The van der Waals surface area contributed by atoms with Crippen molar-refractivity contribution in [2.45, 2.75) is 33.1 Å². The highest BCUT2D eigenvalue weighted by Crippen LogP contribution is 2.19. The number of esters is 1. The van der Waals surface area contributed by atoms with Gasteiger partial charge in [0.1, 0.15) is 0 Å². The van der Waals surface area contributed by atoms with Gasteiger partial charge in [-0.3, -0.25) is 14.4 Å². The Morgan fingerprint density at radius 2 is 1.96 bits per heavy atom. The van der Waals surface area contributed by atoms with Gasteiger partial charge in [-0.05, 0) is 50.3 Å². The van der Waals surface area contributed by atoms with E-state index in [0.29, 0.717) is 6.42 Å². The molecule has 134 valence electrons. The number of anilines is 1. The second-order valence-electron chi connectivity index (χ2n) is 6.16. The fraction of sp³-hybridized carbons (Fsp3) is 0.421. The molecule has 0 fully saturated rings. The average Bonchev–Trinajstić information content (AvgIpc) is 2.62. The quantitative estimate of drug-likeness (QED) is 0.612. The van der Waals surface area contributed by atoms with E-state index < -0.39 is 5.91 Å². The van der Waals surface area contributed by atoms with Crippen molar-refractivity contribution < 1.29 is 19.1 Å². The lowest BCUT2D eigenvalue weighted by atomic mass is 9.95. The van der Waals surface area contributed by atoms with Crippen LogP contribution < -0.4 is 10.6 Å². The molecule has 1 aromatic carbocycles. The third kappa shape index (κ3) is 5.74. The lowest BCUT2D eigenvalue weighted by molar-refractivity contribution is -0.152. The molecule has 0 unspecified atom stereocenters. The molecule has 1 atom stereocenters. The van der Waals surface area contributed by atoms with Gasteiger partial charge in [0.05, 0.1) is 12.5 Å². The van der Waals surface area contributed by atoms with Gasteiger partial charge in [-0.15, -0.1) is 0 Å². The molecule has 1 aliphatic rings. The average molecular weight is 344 g/mol. The molecule has 0 aromatic heterocycles. The van der Waals surface area contributed by atoms with Crippen molar-refractivity contribution in [1.82, 2.24) is 5.32 Å². The van der Waals surface area contributed by atoms with Crippen LogP contribution in [-0.2, 0) is 19.1 Å². The molecule has 1 aromatic rings. The van der Waals surface area contributed by atoms with Crippen molar-refractivity contribution in [3.05, 3.63) is 41.5 Å². The van der Waals surface area contributed by atoms with Gasteiger partial charge in [0.15, 0.2) is 6.61 Å². The first kappa shape index (κ1) is 18.7. The molecule has 0 radical (unpaired) electrons. The Morgan fingerprint density at radius 1 is 1.16 bits per heavy atom. The normalized spacial score (nSPS) is 16.2. The molecule has 2 N–H and O–H groups in total. The fourth-order valence-corrected chi connectivity index (χ4v) is 2.57. The maximum atomic E-state index is 11.9. The first-order valence-electron chi connectivity index (χ1n) is 8.41. The highest BCUT2D eigenvalue weighted by atomic mass is 16.5. The number of hydrogen-bond donors (Lipinski definition) is 2. The van der Waals surface area contributed by atoms with Crippen molar-refractivity contribution >= 4 is 23.5 Å². The summed E-state index contributed by atoms with van der Waals surface area (Å²) in [6.45, 7) is 3.35. The number of amides is 2. The SMILES string of the molecule is Cc1cccc(NC(=O)CNC(=O)COC(=O)[C@@H]2CC=CCC2)c1C. The molecule has 6 nitrogen and oxygen atoms in total. The fourth-order valence-electron chi connectivity index (χ4n) is 2.57. The Balaban J connectivity index is 1.70.